The van der Waals surface area contributed by atoms with E-state index in [2.05, 4.69) is 10.1 Å². The van der Waals surface area contributed by atoms with E-state index < -0.39 is 12.1 Å². The van der Waals surface area contributed by atoms with E-state index >= 15 is 0 Å². The van der Waals surface area contributed by atoms with Gasteiger partial charge in [0.05, 0.1) is 7.11 Å². The van der Waals surface area contributed by atoms with Crippen molar-refractivity contribution >= 4 is 5.97 Å². The minimum atomic E-state index is -0.757. The molecule has 0 N–H and O–H groups in total. The summed E-state index contributed by atoms with van der Waals surface area (Å²) >= 11 is 0. The average Bonchev–Trinajstić information content (AvgIpc) is 3.02. The highest BCUT2D eigenvalue weighted by Gasteiger charge is 2.23. The van der Waals surface area contributed by atoms with Crippen LogP contribution in [-0.2, 0) is 21.6 Å². The maximum atomic E-state index is 12.0. The van der Waals surface area contributed by atoms with Gasteiger partial charge in [-0.2, -0.15) is 4.98 Å². The summed E-state index contributed by atoms with van der Waals surface area (Å²) in [5.74, 6) is 1.58. The lowest BCUT2D eigenvalue weighted by molar-refractivity contribution is -0.152. The molecule has 0 unspecified atom stereocenters. The number of ether oxygens (including phenoxy) is 3. The largest absolute Gasteiger partial charge is 0.497 e. The molecule has 0 aliphatic carbocycles. The van der Waals surface area contributed by atoms with Crippen LogP contribution in [0.25, 0.3) is 0 Å². The fourth-order valence-electron chi connectivity index (χ4n) is 1.78. The lowest BCUT2D eigenvalue weighted by Gasteiger charge is -2.13. The number of hydrogen-bond acceptors (Lipinski definition) is 7. The molecule has 0 radical (unpaired) electrons. The monoisotopic (exact) mass is 334 g/mol. The lowest BCUT2D eigenvalue weighted by Crippen LogP contribution is -2.26. The van der Waals surface area contributed by atoms with Crippen LogP contribution in [0.4, 0.5) is 0 Å². The molecule has 0 aliphatic rings. The van der Waals surface area contributed by atoms with Gasteiger partial charge in [-0.25, -0.2) is 4.79 Å². The molecule has 1 aromatic heterocycles. The Morgan fingerprint density at radius 1 is 1.21 bits per heavy atom. The van der Waals surface area contributed by atoms with Crippen LogP contribution in [0.5, 0.6) is 11.5 Å². The number of rotatable bonds is 6. The molecule has 2 rings (SSSR count). The van der Waals surface area contributed by atoms with Gasteiger partial charge < -0.3 is 18.7 Å². The average molecular weight is 334 g/mol. The second kappa shape index (κ2) is 7.33. The zero-order valence-electron chi connectivity index (χ0n) is 14.5. The highest BCUT2D eigenvalue weighted by atomic mass is 16.6. The van der Waals surface area contributed by atoms with Gasteiger partial charge in [0, 0.05) is 5.41 Å². The van der Waals surface area contributed by atoms with Gasteiger partial charge in [0.25, 0.3) is 0 Å². The smallest absolute Gasteiger partial charge is 0.347 e. The van der Waals surface area contributed by atoms with E-state index in [-0.39, 0.29) is 12.0 Å². The topological polar surface area (TPSA) is 83.7 Å². The molecule has 0 spiro atoms. The second-order valence-electron chi connectivity index (χ2n) is 6.31. The van der Waals surface area contributed by atoms with Crippen LogP contribution >= 0.6 is 0 Å². The maximum absolute atomic E-state index is 12.0. The number of aromatic nitrogens is 2. The van der Waals surface area contributed by atoms with Crippen LogP contribution in [-0.4, -0.2) is 29.3 Å². The van der Waals surface area contributed by atoms with Crippen molar-refractivity contribution < 1.29 is 23.5 Å². The van der Waals surface area contributed by atoms with Crippen molar-refractivity contribution in [2.45, 2.75) is 45.8 Å². The van der Waals surface area contributed by atoms with Crippen molar-refractivity contribution in [3.05, 3.63) is 36.0 Å². The van der Waals surface area contributed by atoms with Crippen LogP contribution in [0.15, 0.2) is 28.8 Å². The molecule has 7 nitrogen and oxygen atoms in total. The summed E-state index contributed by atoms with van der Waals surface area (Å²) in [6.45, 7) is 7.43. The zero-order chi connectivity index (χ0) is 17.7. The summed E-state index contributed by atoms with van der Waals surface area (Å²) in [6.07, 6.45) is -0.757. The molecule has 1 aromatic carbocycles. The molecule has 24 heavy (non-hydrogen) atoms. The van der Waals surface area contributed by atoms with Crippen LogP contribution < -0.4 is 9.47 Å². The predicted octanol–water partition coefficient (Wildman–Crippen LogP) is 2.89. The summed E-state index contributed by atoms with van der Waals surface area (Å²) in [5.41, 5.74) is -0.250. The molecule has 0 aliphatic heterocycles. The first-order valence-corrected chi connectivity index (χ1v) is 7.60. The Morgan fingerprint density at radius 3 is 2.38 bits per heavy atom. The molecule has 1 heterocycles. The van der Waals surface area contributed by atoms with Crippen molar-refractivity contribution in [3.8, 4) is 11.5 Å². The number of hydrogen-bond donors (Lipinski definition) is 0. The van der Waals surface area contributed by atoms with Gasteiger partial charge in [-0.3, -0.25) is 0 Å². The third kappa shape index (κ3) is 4.71. The van der Waals surface area contributed by atoms with Crippen LogP contribution in [0.3, 0.4) is 0 Å². The molecule has 2 aromatic rings. The first kappa shape index (κ1) is 17.8. The Morgan fingerprint density at radius 2 is 1.83 bits per heavy atom. The lowest BCUT2D eigenvalue weighted by atomic mass is 9.97. The van der Waals surface area contributed by atoms with Crippen molar-refractivity contribution in [2.75, 3.05) is 7.11 Å². The standard InChI is InChI=1S/C17H22N2O5/c1-11(23-13-8-6-12(21-5)7-9-13)15(20)22-10-14-18-16(24-19-14)17(2,3)4/h6-9,11H,10H2,1-5H3/t11-/m1/s1. The van der Waals surface area contributed by atoms with Crippen LogP contribution in [0, 0.1) is 0 Å². The Kier molecular flexibility index (Phi) is 5.43. The SMILES string of the molecule is COc1ccc(O[C@H](C)C(=O)OCc2noc(C(C)(C)C)n2)cc1. The van der Waals surface area contributed by atoms with Crippen molar-refractivity contribution in [1.29, 1.82) is 0 Å². The molecule has 7 heteroatoms. The number of esters is 1. The normalized spacial score (nSPS) is 12.5. The fraction of sp³-hybridized carbons (Fsp3) is 0.471. The molecule has 1 atom stereocenters. The Hall–Kier alpha value is -2.57. The Labute approximate surface area is 140 Å². The third-order valence-electron chi connectivity index (χ3n) is 3.16. The van der Waals surface area contributed by atoms with E-state index in [1.165, 1.54) is 0 Å². The number of benzene rings is 1. The van der Waals surface area contributed by atoms with E-state index in [4.69, 9.17) is 18.7 Å². The van der Waals surface area contributed by atoms with Crippen molar-refractivity contribution in [1.82, 2.24) is 10.1 Å². The van der Waals surface area contributed by atoms with E-state index in [1.807, 2.05) is 20.8 Å². The van der Waals surface area contributed by atoms with Gasteiger partial charge in [0.15, 0.2) is 12.7 Å². The molecule has 0 amide bonds. The maximum Gasteiger partial charge on any atom is 0.347 e. The van der Waals surface area contributed by atoms with Crippen LogP contribution in [0.1, 0.15) is 39.4 Å². The second-order valence-corrected chi connectivity index (χ2v) is 6.31. The molecule has 130 valence electrons. The molecule has 0 saturated heterocycles. The van der Waals surface area contributed by atoms with Crippen molar-refractivity contribution in [3.63, 3.8) is 0 Å². The Balaban J connectivity index is 1.86. The molecule has 0 saturated carbocycles. The number of carbonyl (C=O) groups excluding carboxylic acids is 1. The first-order chi connectivity index (χ1) is 11.3. The summed E-state index contributed by atoms with van der Waals surface area (Å²) in [5, 5.41) is 3.80. The summed E-state index contributed by atoms with van der Waals surface area (Å²) < 4.78 is 20.9. The number of methoxy groups -OCH3 is 1. The highest BCUT2D eigenvalue weighted by molar-refractivity contribution is 5.74. The van der Waals surface area contributed by atoms with Gasteiger partial charge in [-0.1, -0.05) is 25.9 Å². The number of nitrogens with zero attached hydrogens (tertiary/aromatic N) is 2. The highest BCUT2D eigenvalue weighted by Crippen LogP contribution is 2.20. The minimum Gasteiger partial charge on any atom is -0.497 e. The molecule has 0 bridgehead atoms. The van der Waals surface area contributed by atoms with E-state index in [1.54, 1.807) is 38.3 Å². The molecular weight excluding hydrogens is 312 g/mol. The van der Waals surface area contributed by atoms with Crippen LogP contribution in [0.2, 0.25) is 0 Å². The van der Waals surface area contributed by atoms with E-state index in [0.717, 1.165) is 0 Å². The van der Waals surface area contributed by atoms with Gasteiger partial charge in [-0.15, -0.1) is 0 Å². The van der Waals surface area contributed by atoms with Gasteiger partial charge in [-0.05, 0) is 31.2 Å². The summed E-state index contributed by atoms with van der Waals surface area (Å²) in [4.78, 5) is 16.2. The first-order valence-electron chi connectivity index (χ1n) is 7.60. The quantitative estimate of drug-likeness (QED) is 0.751. The van der Waals surface area contributed by atoms with E-state index in [9.17, 15) is 4.79 Å². The van der Waals surface area contributed by atoms with E-state index in [0.29, 0.717) is 23.2 Å². The fourth-order valence-corrected chi connectivity index (χ4v) is 1.78. The summed E-state index contributed by atoms with van der Waals surface area (Å²) in [7, 11) is 1.58. The Bertz CT molecular complexity index is 673. The van der Waals surface area contributed by atoms with Crippen molar-refractivity contribution in [2.24, 2.45) is 0 Å². The molecule has 0 fully saturated rings. The molecular formula is C17H22N2O5. The summed E-state index contributed by atoms with van der Waals surface area (Å²) in [6, 6.07) is 6.94. The number of carbonyl (C=O) groups is 1. The zero-order valence-corrected chi connectivity index (χ0v) is 14.5. The van der Waals surface area contributed by atoms with Gasteiger partial charge >= 0.3 is 5.97 Å². The van der Waals surface area contributed by atoms with Gasteiger partial charge in [0.2, 0.25) is 11.7 Å². The minimum absolute atomic E-state index is 0.0608. The third-order valence-corrected chi connectivity index (χ3v) is 3.16. The predicted molar refractivity (Wildman–Crippen MR) is 85.9 cm³/mol. The van der Waals surface area contributed by atoms with Gasteiger partial charge in [0.1, 0.15) is 11.5 Å².